The van der Waals surface area contributed by atoms with Crippen molar-refractivity contribution in [1.29, 1.82) is 0 Å². The normalized spacial score (nSPS) is 36.3. The fourth-order valence-electron chi connectivity index (χ4n) is 10.0. The van der Waals surface area contributed by atoms with Gasteiger partial charge in [0.15, 0.2) is 17.1 Å². The van der Waals surface area contributed by atoms with Gasteiger partial charge in [-0.15, -0.1) is 0 Å². The molecule has 0 amide bonds. The van der Waals surface area contributed by atoms with Gasteiger partial charge < -0.3 is 29.9 Å². The first-order valence-corrected chi connectivity index (χ1v) is 17.1. The van der Waals surface area contributed by atoms with E-state index < -0.39 is 106 Å². The van der Waals surface area contributed by atoms with E-state index in [1.54, 1.807) is 41.5 Å². The third-order valence-electron chi connectivity index (χ3n) is 13.0. The van der Waals surface area contributed by atoms with E-state index in [4.69, 9.17) is 9.47 Å². The van der Waals surface area contributed by atoms with Gasteiger partial charge in [0.05, 0.1) is 24.4 Å². The summed E-state index contributed by atoms with van der Waals surface area (Å²) in [5.74, 6) is -9.58. The first-order chi connectivity index (χ1) is 22.7. The van der Waals surface area contributed by atoms with Crippen LogP contribution in [-0.2, 0) is 38.2 Å². The van der Waals surface area contributed by atoms with Crippen LogP contribution in [0.4, 0.5) is 4.39 Å². The number of halogens is 1. The monoisotopic (exact) mass is 692 g/mol. The first-order valence-electron chi connectivity index (χ1n) is 17.1. The van der Waals surface area contributed by atoms with Gasteiger partial charge in [-0.25, -0.2) is 9.18 Å². The van der Waals surface area contributed by atoms with Crippen molar-refractivity contribution in [3.8, 4) is 0 Å². The Labute approximate surface area is 285 Å². The number of carbonyl (C=O) groups is 6. The molecule has 3 saturated carbocycles. The maximum absolute atomic E-state index is 17.7. The molecule has 4 aliphatic rings. The molecule has 9 atom stereocenters. The number of allylic oxidation sites excluding steroid dienone is 4. The van der Waals surface area contributed by atoms with Crippen LogP contribution < -0.4 is 0 Å². The molecule has 3 fully saturated rings. The Kier molecular flexibility index (Phi) is 10.2. The van der Waals surface area contributed by atoms with Crippen LogP contribution in [-0.4, -0.2) is 85.5 Å². The van der Waals surface area contributed by atoms with Crippen molar-refractivity contribution in [3.05, 3.63) is 23.8 Å². The number of hydrogen-bond donors (Lipinski definition) is 4. The lowest BCUT2D eigenvalue weighted by Crippen LogP contribution is -2.70. The van der Waals surface area contributed by atoms with Crippen molar-refractivity contribution in [2.45, 2.75) is 122 Å². The summed E-state index contributed by atoms with van der Waals surface area (Å²) in [6.07, 6.45) is 0.918. The number of Topliss-reactive ketones (excluding diaryl/α,β-unsaturated/α-hetero) is 1. The third-order valence-corrected chi connectivity index (χ3v) is 13.0. The average Bonchev–Trinajstić information content (AvgIpc) is 3.24. The Morgan fingerprint density at radius 3 is 2.16 bits per heavy atom. The Bertz CT molecular complexity index is 1470. The van der Waals surface area contributed by atoms with Crippen molar-refractivity contribution < 1.29 is 63.1 Å². The van der Waals surface area contributed by atoms with E-state index in [1.165, 1.54) is 18.2 Å². The Morgan fingerprint density at radius 1 is 1.02 bits per heavy atom. The minimum atomic E-state index is -2.90. The minimum absolute atomic E-state index is 0.135. The summed E-state index contributed by atoms with van der Waals surface area (Å²) in [5.41, 5.74) is -10.7. The summed E-state index contributed by atoms with van der Waals surface area (Å²) in [6, 6.07) is 0. The Balaban J connectivity index is 1.77. The summed E-state index contributed by atoms with van der Waals surface area (Å²) in [4.78, 5) is 78.1. The molecule has 0 aliphatic heterocycles. The second-order valence-corrected chi connectivity index (χ2v) is 15.0. The molecule has 0 bridgehead atoms. The quantitative estimate of drug-likeness (QED) is 0.203. The molecule has 0 aromatic heterocycles. The van der Waals surface area contributed by atoms with Gasteiger partial charge in [0.2, 0.25) is 11.4 Å². The minimum Gasteiger partial charge on any atom is -0.481 e. The van der Waals surface area contributed by atoms with E-state index in [1.807, 2.05) is 0 Å². The van der Waals surface area contributed by atoms with Crippen LogP contribution in [0.2, 0.25) is 0 Å². The smallest absolute Gasteiger partial charge is 0.349 e. The van der Waals surface area contributed by atoms with Crippen molar-refractivity contribution >= 4 is 35.4 Å². The zero-order valence-corrected chi connectivity index (χ0v) is 29.0. The molecule has 4 N–H and O–H groups in total. The van der Waals surface area contributed by atoms with Crippen LogP contribution in [0.1, 0.15) is 99.3 Å². The van der Waals surface area contributed by atoms with E-state index in [0.29, 0.717) is 12.0 Å². The number of carboxylic acid groups (broad SMARTS) is 2. The number of aliphatic hydroxyl groups is 2. The molecular weight excluding hydrogens is 643 g/mol. The zero-order chi connectivity index (χ0) is 37.0. The number of ether oxygens (including phenoxy) is 2. The van der Waals surface area contributed by atoms with Crippen molar-refractivity contribution in [1.82, 2.24) is 0 Å². The highest BCUT2D eigenvalue weighted by molar-refractivity contribution is 6.01. The first kappa shape index (κ1) is 38.4. The highest BCUT2D eigenvalue weighted by Crippen LogP contribution is 2.71. The average molecular weight is 693 g/mol. The van der Waals surface area contributed by atoms with Gasteiger partial charge in [-0.2, -0.15) is 0 Å². The maximum Gasteiger partial charge on any atom is 0.349 e. The molecule has 272 valence electrons. The summed E-state index contributed by atoms with van der Waals surface area (Å²) in [5, 5.41) is 41.9. The number of fused-ring (bicyclic) bond motifs is 5. The Hall–Kier alpha value is -3.45. The molecule has 0 spiro atoms. The van der Waals surface area contributed by atoms with E-state index in [-0.39, 0.29) is 44.3 Å². The molecule has 0 heterocycles. The van der Waals surface area contributed by atoms with E-state index >= 15 is 4.39 Å². The van der Waals surface area contributed by atoms with Gasteiger partial charge in [-0.05, 0) is 69.9 Å². The molecule has 1 unspecified atom stereocenters. The maximum atomic E-state index is 17.7. The van der Waals surface area contributed by atoms with Gasteiger partial charge in [0, 0.05) is 22.7 Å². The topological polar surface area (TPSA) is 202 Å². The Morgan fingerprint density at radius 2 is 1.63 bits per heavy atom. The van der Waals surface area contributed by atoms with Crippen molar-refractivity contribution in [2.75, 3.05) is 6.61 Å². The van der Waals surface area contributed by atoms with Gasteiger partial charge in [-0.1, -0.05) is 46.3 Å². The lowest BCUT2D eigenvalue weighted by atomic mass is 9.44. The second-order valence-electron chi connectivity index (χ2n) is 15.0. The number of ketones is 2. The predicted octanol–water partition coefficient (Wildman–Crippen LogP) is 3.89. The van der Waals surface area contributed by atoms with Gasteiger partial charge in [0.1, 0.15) is 6.61 Å². The lowest BCUT2D eigenvalue weighted by Gasteiger charge is -2.62. The molecule has 4 aliphatic carbocycles. The number of rotatable bonds is 13. The van der Waals surface area contributed by atoms with E-state index in [0.717, 1.165) is 0 Å². The number of esters is 2. The predicted molar refractivity (Wildman–Crippen MR) is 170 cm³/mol. The van der Waals surface area contributed by atoms with Crippen LogP contribution >= 0.6 is 0 Å². The number of hydrogen-bond acceptors (Lipinski definition) is 10. The fourth-order valence-corrected chi connectivity index (χ4v) is 10.0. The van der Waals surface area contributed by atoms with Crippen molar-refractivity contribution in [2.24, 2.45) is 34.0 Å². The number of carboxylic acids is 2. The summed E-state index contributed by atoms with van der Waals surface area (Å²) in [7, 11) is 0. The standard InChI is InChI=1S/C36H49FO12/c1-7-33(8-2,9-3)30(47)49-34(29(45)46,17-27(42)43)18-28(44)48-36(26(41)19-38)20(4)14-24-23-11-10-21-15-22(39)12-13-31(21,5)35(23,37)25(40)16-32(24,36)6/h12-13,15,20,23-25,38,40H,7-11,14,16-19H2,1-6H3,(H,42,43)(H,45,46)/t20-,23+,24+,25+,31+,32+,34?,35+,36+/m1/s1. The summed E-state index contributed by atoms with van der Waals surface area (Å²) < 4.78 is 29.1. The summed E-state index contributed by atoms with van der Waals surface area (Å²) >= 11 is 0. The highest BCUT2D eigenvalue weighted by Gasteiger charge is 2.77. The second kappa shape index (κ2) is 13.0. The molecule has 0 aromatic carbocycles. The van der Waals surface area contributed by atoms with Crippen LogP contribution in [0.25, 0.3) is 0 Å². The lowest BCUT2D eigenvalue weighted by molar-refractivity contribution is -0.230. The third kappa shape index (κ3) is 5.46. The van der Waals surface area contributed by atoms with Gasteiger partial charge in [-0.3, -0.25) is 24.0 Å². The number of alkyl halides is 1. The molecule has 0 saturated heterocycles. The van der Waals surface area contributed by atoms with E-state index in [9.17, 15) is 49.2 Å². The summed E-state index contributed by atoms with van der Waals surface area (Å²) in [6.45, 7) is 8.79. The fraction of sp³-hybridized carbons (Fsp3) is 0.722. The van der Waals surface area contributed by atoms with Crippen LogP contribution in [0.15, 0.2) is 23.8 Å². The molecule has 0 aromatic rings. The van der Waals surface area contributed by atoms with Crippen LogP contribution in [0.5, 0.6) is 0 Å². The SMILES string of the molecule is CCC(CC)(CC)C(=O)OC(CC(=O)O)(CC(=O)O[C@]1(C(=O)CO)[C@H](C)C[C@H]2[C@@H]3CCC4=CC(=O)C=C[C@]4(C)[C@@]3(F)[C@@H](O)C[C@@]21C)C(=O)O. The molecule has 4 rings (SSSR count). The highest BCUT2D eigenvalue weighted by atomic mass is 19.1. The van der Waals surface area contributed by atoms with Gasteiger partial charge in [0.25, 0.3) is 0 Å². The molecular formula is C36H49FO12. The van der Waals surface area contributed by atoms with Crippen LogP contribution in [0, 0.1) is 34.0 Å². The van der Waals surface area contributed by atoms with Crippen molar-refractivity contribution in [3.63, 3.8) is 0 Å². The molecule has 49 heavy (non-hydrogen) atoms. The molecule has 13 heteroatoms. The largest absolute Gasteiger partial charge is 0.481 e. The van der Waals surface area contributed by atoms with Crippen LogP contribution in [0.3, 0.4) is 0 Å². The molecule has 0 radical (unpaired) electrons. The number of aliphatic carboxylic acids is 2. The zero-order valence-electron chi connectivity index (χ0n) is 29.0. The number of aliphatic hydroxyl groups excluding tert-OH is 2. The van der Waals surface area contributed by atoms with E-state index in [2.05, 4.69) is 0 Å². The van der Waals surface area contributed by atoms with Gasteiger partial charge >= 0.3 is 23.9 Å². The molecule has 12 nitrogen and oxygen atoms in total. The number of carbonyl (C=O) groups excluding carboxylic acids is 4.